The molecule has 0 saturated heterocycles. The molecule has 4 aliphatic carbocycles. The fourth-order valence-electron chi connectivity index (χ4n) is 9.14. The Bertz CT molecular complexity index is 863. The fraction of sp³-hybridized carbons (Fsp3) is 0.962. The van der Waals surface area contributed by atoms with Crippen LogP contribution in [0, 0.1) is 46.3 Å². The van der Waals surface area contributed by atoms with Crippen molar-refractivity contribution in [2.75, 3.05) is 12.3 Å². The van der Waals surface area contributed by atoms with Gasteiger partial charge in [0.15, 0.2) is 0 Å². The second-order valence-electron chi connectivity index (χ2n) is 12.6. The van der Waals surface area contributed by atoms with E-state index >= 15 is 0 Å². The lowest BCUT2D eigenvalue weighted by Gasteiger charge is -2.62. The molecular formula is C26H45NO6S. The summed E-state index contributed by atoms with van der Waals surface area (Å²) in [5.41, 5.74) is 0.411. The van der Waals surface area contributed by atoms with Crippen molar-refractivity contribution in [3.05, 3.63) is 0 Å². The van der Waals surface area contributed by atoms with Crippen LogP contribution in [-0.4, -0.2) is 53.6 Å². The highest BCUT2D eigenvalue weighted by molar-refractivity contribution is 7.85. The molecule has 0 aromatic carbocycles. The number of fused-ring (bicyclic) bond motifs is 5. The molecule has 4 N–H and O–H groups in total. The molecular weight excluding hydrogens is 454 g/mol. The summed E-state index contributed by atoms with van der Waals surface area (Å²) in [6.07, 6.45) is 8.87. The topological polar surface area (TPSA) is 124 Å². The van der Waals surface area contributed by atoms with Gasteiger partial charge in [-0.15, -0.1) is 0 Å². The number of hydrogen-bond acceptors (Lipinski definition) is 5. The van der Waals surface area contributed by atoms with Gasteiger partial charge in [0.2, 0.25) is 5.91 Å². The summed E-state index contributed by atoms with van der Waals surface area (Å²) in [6.45, 7) is 7.05. The lowest BCUT2D eigenvalue weighted by molar-refractivity contribution is -0.174. The van der Waals surface area contributed by atoms with Gasteiger partial charge in [-0.05, 0) is 104 Å². The van der Waals surface area contributed by atoms with Gasteiger partial charge in [-0.2, -0.15) is 8.42 Å². The Hall–Kier alpha value is -0.700. The van der Waals surface area contributed by atoms with E-state index < -0.39 is 15.9 Å². The molecule has 4 rings (SSSR count). The molecule has 10 atom stereocenters. The van der Waals surface area contributed by atoms with Crippen LogP contribution >= 0.6 is 0 Å². The third kappa shape index (κ3) is 4.94. The zero-order valence-electron chi connectivity index (χ0n) is 21.1. The van der Waals surface area contributed by atoms with Crippen LogP contribution in [0.3, 0.4) is 0 Å². The van der Waals surface area contributed by atoms with Crippen LogP contribution in [0.1, 0.15) is 85.0 Å². The van der Waals surface area contributed by atoms with E-state index in [1.165, 1.54) is 6.42 Å². The van der Waals surface area contributed by atoms with Crippen molar-refractivity contribution in [3.63, 3.8) is 0 Å². The van der Waals surface area contributed by atoms with Gasteiger partial charge in [0.25, 0.3) is 10.1 Å². The van der Waals surface area contributed by atoms with Crippen molar-refractivity contribution in [1.29, 1.82) is 0 Å². The number of aliphatic hydroxyl groups is 2. The summed E-state index contributed by atoms with van der Waals surface area (Å²) in [5, 5.41) is 24.2. The molecule has 6 unspecified atom stereocenters. The van der Waals surface area contributed by atoms with Gasteiger partial charge in [0, 0.05) is 13.0 Å². The molecule has 0 heterocycles. The predicted molar refractivity (Wildman–Crippen MR) is 130 cm³/mol. The average Bonchev–Trinajstić information content (AvgIpc) is 3.09. The Morgan fingerprint density at radius 2 is 1.71 bits per heavy atom. The van der Waals surface area contributed by atoms with E-state index in [2.05, 4.69) is 26.1 Å². The first-order chi connectivity index (χ1) is 15.8. The zero-order valence-corrected chi connectivity index (χ0v) is 21.9. The molecule has 1 amide bonds. The first-order valence-corrected chi connectivity index (χ1v) is 15.0. The smallest absolute Gasteiger partial charge is 0.266 e. The summed E-state index contributed by atoms with van der Waals surface area (Å²) < 4.78 is 30.5. The van der Waals surface area contributed by atoms with Gasteiger partial charge in [0.05, 0.1) is 18.0 Å². The standard InChI is InChI=1S/C26H45NO6S/c1-16(4-7-23(30)27-12-13-34(31,32)33)19-5-6-20-24-21(9-11-26(19,20)3)25(2)10-8-18(28)14-17(25)15-22(24)29/h16-22,24,28-29H,4-15H2,1-3H3,(H,27,30)(H,31,32,33)/t16-,17?,18-,19?,20?,21?,22?,24?,25+,26-/m1/s1. The summed E-state index contributed by atoms with van der Waals surface area (Å²) in [7, 11) is -4.06. The number of amides is 1. The van der Waals surface area contributed by atoms with E-state index in [0.29, 0.717) is 41.9 Å². The monoisotopic (exact) mass is 499 g/mol. The summed E-state index contributed by atoms with van der Waals surface area (Å²) in [4.78, 5) is 12.2. The molecule has 0 aromatic rings. The molecule has 0 aromatic heterocycles. The minimum atomic E-state index is -4.06. The Morgan fingerprint density at radius 1 is 1.03 bits per heavy atom. The largest absolute Gasteiger partial charge is 0.393 e. The second kappa shape index (κ2) is 9.64. The highest BCUT2D eigenvalue weighted by atomic mass is 32.2. The van der Waals surface area contributed by atoms with Crippen molar-refractivity contribution in [2.45, 2.75) is 97.2 Å². The van der Waals surface area contributed by atoms with Crippen molar-refractivity contribution in [2.24, 2.45) is 46.3 Å². The minimum absolute atomic E-state index is 0.0625. The first-order valence-electron chi connectivity index (χ1n) is 13.4. The maximum atomic E-state index is 12.2. The van der Waals surface area contributed by atoms with E-state index in [9.17, 15) is 23.4 Å². The van der Waals surface area contributed by atoms with Gasteiger partial charge in [-0.1, -0.05) is 20.8 Å². The Kier molecular flexibility index (Phi) is 7.47. The summed E-state index contributed by atoms with van der Waals surface area (Å²) >= 11 is 0. The van der Waals surface area contributed by atoms with Crippen LogP contribution in [-0.2, 0) is 14.9 Å². The van der Waals surface area contributed by atoms with Crippen LogP contribution < -0.4 is 5.32 Å². The first kappa shape index (κ1) is 26.4. The average molecular weight is 500 g/mol. The molecule has 0 radical (unpaired) electrons. The van der Waals surface area contributed by atoms with Crippen LogP contribution in [0.25, 0.3) is 0 Å². The van der Waals surface area contributed by atoms with Crippen LogP contribution in [0.15, 0.2) is 0 Å². The minimum Gasteiger partial charge on any atom is -0.393 e. The van der Waals surface area contributed by atoms with Gasteiger partial charge >= 0.3 is 0 Å². The number of hydrogen-bond donors (Lipinski definition) is 4. The normalized spacial score (nSPS) is 45.1. The number of rotatable bonds is 7. The lowest BCUT2D eigenvalue weighted by atomic mass is 9.43. The quantitative estimate of drug-likeness (QED) is 0.398. The molecule has 4 fully saturated rings. The van der Waals surface area contributed by atoms with E-state index in [1.807, 2.05) is 0 Å². The molecule has 4 saturated carbocycles. The molecule has 196 valence electrons. The molecule has 7 nitrogen and oxygen atoms in total. The second-order valence-corrected chi connectivity index (χ2v) is 14.2. The molecule has 0 aliphatic heterocycles. The number of aliphatic hydroxyl groups excluding tert-OH is 2. The fourth-order valence-corrected chi connectivity index (χ4v) is 9.50. The highest BCUT2D eigenvalue weighted by Gasteiger charge is 2.62. The lowest BCUT2D eigenvalue weighted by Crippen LogP contribution is -2.58. The third-order valence-corrected chi connectivity index (χ3v) is 11.6. The molecule has 4 aliphatic rings. The van der Waals surface area contributed by atoms with E-state index in [1.54, 1.807) is 0 Å². The molecule has 0 spiro atoms. The Balaban J connectivity index is 1.39. The van der Waals surface area contributed by atoms with Gasteiger partial charge in [-0.3, -0.25) is 9.35 Å². The van der Waals surface area contributed by atoms with Gasteiger partial charge in [0.1, 0.15) is 0 Å². The van der Waals surface area contributed by atoms with Crippen LogP contribution in [0.4, 0.5) is 0 Å². The van der Waals surface area contributed by atoms with Crippen molar-refractivity contribution in [3.8, 4) is 0 Å². The predicted octanol–water partition coefficient (Wildman–Crippen LogP) is 3.40. The maximum Gasteiger partial charge on any atom is 0.266 e. The van der Waals surface area contributed by atoms with Crippen LogP contribution in [0.2, 0.25) is 0 Å². The summed E-state index contributed by atoms with van der Waals surface area (Å²) in [5.74, 6) is 2.10. The summed E-state index contributed by atoms with van der Waals surface area (Å²) in [6, 6.07) is 0. The van der Waals surface area contributed by atoms with E-state index in [-0.39, 0.29) is 35.5 Å². The SMILES string of the molecule is C[C@H](CCC(=O)NCCS(=O)(=O)O)C1CCC2C3C(O)CC4C[C@H](O)CC[C@]4(C)C3CC[C@@]21C. The van der Waals surface area contributed by atoms with Crippen LogP contribution in [0.5, 0.6) is 0 Å². The molecule has 0 bridgehead atoms. The molecule has 34 heavy (non-hydrogen) atoms. The van der Waals surface area contributed by atoms with E-state index in [4.69, 9.17) is 4.55 Å². The van der Waals surface area contributed by atoms with E-state index in [0.717, 1.165) is 51.4 Å². The Morgan fingerprint density at radius 3 is 2.41 bits per heavy atom. The van der Waals surface area contributed by atoms with Crippen molar-refractivity contribution in [1.82, 2.24) is 5.32 Å². The number of nitrogens with one attached hydrogen (secondary N) is 1. The number of carbonyl (C=O) groups is 1. The van der Waals surface area contributed by atoms with Gasteiger partial charge in [-0.25, -0.2) is 0 Å². The highest BCUT2D eigenvalue weighted by Crippen LogP contribution is 2.68. The maximum absolute atomic E-state index is 12.2. The van der Waals surface area contributed by atoms with Gasteiger partial charge < -0.3 is 15.5 Å². The number of carbonyl (C=O) groups excluding carboxylic acids is 1. The zero-order chi connectivity index (χ0) is 24.9. The van der Waals surface area contributed by atoms with Crippen molar-refractivity contribution >= 4 is 16.0 Å². The Labute approximate surface area is 205 Å². The third-order valence-electron chi connectivity index (χ3n) is 10.9. The molecule has 8 heteroatoms. The van der Waals surface area contributed by atoms with Crippen molar-refractivity contribution < 1.29 is 28.0 Å².